The van der Waals surface area contributed by atoms with Gasteiger partial charge in [0.15, 0.2) is 0 Å². The Morgan fingerprint density at radius 1 is 0.943 bits per heavy atom. The van der Waals surface area contributed by atoms with Crippen LogP contribution in [-0.2, 0) is 11.3 Å². The highest BCUT2D eigenvalue weighted by Gasteiger charge is 2.20. The first-order valence-electron chi connectivity index (χ1n) is 12.2. The standard InChI is InChI=1S/C17H19NO.C14H16O2/c1-18-11-12-19-17(14-7-3-2-4-8-14)16-10-6-5-9-15(16)13-18;1-10(9-15)11-3-4-13-8-14(16-2)6-5-12(13)7-11/h2-10,17H,11-13H2,1H3;3-8,10,15H,9H2,1-2H3/t;10-/m.1/s1. The molecule has 0 saturated carbocycles. The summed E-state index contributed by atoms with van der Waals surface area (Å²) in [6.45, 7) is 4.93. The summed E-state index contributed by atoms with van der Waals surface area (Å²) >= 11 is 0. The van der Waals surface area contributed by atoms with E-state index in [-0.39, 0.29) is 18.6 Å². The number of rotatable bonds is 4. The molecule has 5 rings (SSSR count). The van der Waals surface area contributed by atoms with E-state index in [0.717, 1.165) is 30.8 Å². The number of hydrogen-bond acceptors (Lipinski definition) is 4. The molecule has 4 aromatic rings. The molecule has 4 nitrogen and oxygen atoms in total. The summed E-state index contributed by atoms with van der Waals surface area (Å²) in [5, 5.41) is 11.5. The van der Waals surface area contributed by atoms with Gasteiger partial charge in [-0.1, -0.05) is 85.8 Å². The van der Waals surface area contributed by atoms with Gasteiger partial charge in [0.1, 0.15) is 11.9 Å². The van der Waals surface area contributed by atoms with Crippen molar-refractivity contribution < 1.29 is 14.6 Å². The lowest BCUT2D eigenvalue weighted by molar-refractivity contribution is 0.0554. The molecule has 182 valence electrons. The summed E-state index contributed by atoms with van der Waals surface area (Å²) in [6.07, 6.45) is 0.0612. The van der Waals surface area contributed by atoms with Gasteiger partial charge in [-0.15, -0.1) is 0 Å². The molecule has 0 bridgehead atoms. The monoisotopic (exact) mass is 469 g/mol. The van der Waals surface area contributed by atoms with Crippen LogP contribution in [0.3, 0.4) is 0 Å². The third-order valence-electron chi connectivity index (χ3n) is 6.55. The van der Waals surface area contributed by atoms with Crippen LogP contribution in [0.25, 0.3) is 10.8 Å². The van der Waals surface area contributed by atoms with Crippen LogP contribution in [0.2, 0.25) is 0 Å². The van der Waals surface area contributed by atoms with E-state index in [9.17, 15) is 0 Å². The van der Waals surface area contributed by atoms with E-state index in [1.165, 1.54) is 27.6 Å². The van der Waals surface area contributed by atoms with Gasteiger partial charge in [0.05, 0.1) is 13.7 Å². The first-order chi connectivity index (χ1) is 17.1. The van der Waals surface area contributed by atoms with Crippen LogP contribution in [0.4, 0.5) is 0 Å². The molecule has 4 aromatic carbocycles. The Labute approximate surface area is 208 Å². The number of methoxy groups -OCH3 is 1. The molecular weight excluding hydrogens is 434 g/mol. The Morgan fingerprint density at radius 2 is 1.66 bits per heavy atom. The molecule has 1 N–H and O–H groups in total. The summed E-state index contributed by atoms with van der Waals surface area (Å²) in [5.74, 6) is 1.06. The number of hydrogen-bond donors (Lipinski definition) is 1. The molecule has 1 aliphatic heterocycles. The van der Waals surface area contributed by atoms with Gasteiger partial charge in [-0.3, -0.25) is 4.90 Å². The summed E-state index contributed by atoms with van der Waals surface area (Å²) in [7, 11) is 3.81. The average Bonchev–Trinajstić information content (AvgIpc) is 2.90. The maximum absolute atomic E-state index is 9.12. The van der Waals surface area contributed by atoms with Crippen LogP contribution in [0.5, 0.6) is 5.75 Å². The van der Waals surface area contributed by atoms with E-state index in [4.69, 9.17) is 14.6 Å². The fourth-order valence-electron chi connectivity index (χ4n) is 4.40. The fraction of sp³-hybridized carbons (Fsp3) is 0.290. The molecule has 1 unspecified atom stereocenters. The van der Waals surface area contributed by atoms with Gasteiger partial charge in [-0.2, -0.15) is 0 Å². The quantitative estimate of drug-likeness (QED) is 0.387. The molecule has 0 spiro atoms. The second-order valence-corrected chi connectivity index (χ2v) is 9.15. The van der Waals surface area contributed by atoms with Crippen molar-refractivity contribution in [2.75, 3.05) is 33.9 Å². The fourth-order valence-corrected chi connectivity index (χ4v) is 4.40. The van der Waals surface area contributed by atoms with Crippen molar-refractivity contribution in [3.8, 4) is 5.75 Å². The van der Waals surface area contributed by atoms with Crippen LogP contribution in [0.1, 0.15) is 41.2 Å². The number of nitrogens with zero attached hydrogens (tertiary/aromatic N) is 1. The Balaban J connectivity index is 0.000000168. The van der Waals surface area contributed by atoms with Crippen molar-refractivity contribution >= 4 is 10.8 Å². The number of aliphatic hydroxyl groups is 1. The van der Waals surface area contributed by atoms with Gasteiger partial charge in [0.25, 0.3) is 0 Å². The van der Waals surface area contributed by atoms with E-state index in [2.05, 4.69) is 78.7 Å². The number of benzene rings is 4. The molecule has 2 atom stereocenters. The third kappa shape index (κ3) is 6.29. The van der Waals surface area contributed by atoms with Gasteiger partial charge >= 0.3 is 0 Å². The maximum Gasteiger partial charge on any atom is 0.119 e. The Morgan fingerprint density at radius 3 is 2.43 bits per heavy atom. The van der Waals surface area contributed by atoms with Crippen molar-refractivity contribution in [3.05, 3.63) is 113 Å². The van der Waals surface area contributed by atoms with E-state index in [1.807, 2.05) is 31.2 Å². The third-order valence-corrected chi connectivity index (χ3v) is 6.55. The maximum atomic E-state index is 9.12. The van der Waals surface area contributed by atoms with Crippen LogP contribution >= 0.6 is 0 Å². The second kappa shape index (κ2) is 12.0. The predicted octanol–water partition coefficient (Wildman–Crippen LogP) is 6.18. The van der Waals surface area contributed by atoms with Gasteiger partial charge in [-0.25, -0.2) is 0 Å². The van der Waals surface area contributed by atoms with E-state index in [0.29, 0.717) is 0 Å². The molecule has 0 fully saturated rings. The lowest BCUT2D eigenvalue weighted by Crippen LogP contribution is -2.27. The zero-order valence-electron chi connectivity index (χ0n) is 20.9. The molecule has 4 heteroatoms. The van der Waals surface area contributed by atoms with E-state index >= 15 is 0 Å². The van der Waals surface area contributed by atoms with Crippen LogP contribution in [-0.4, -0.2) is 43.9 Å². The largest absolute Gasteiger partial charge is 0.497 e. The summed E-state index contributed by atoms with van der Waals surface area (Å²) in [6, 6.07) is 31.3. The minimum atomic E-state index is 0.0612. The zero-order chi connectivity index (χ0) is 24.6. The van der Waals surface area contributed by atoms with Crippen molar-refractivity contribution in [1.29, 1.82) is 0 Å². The predicted molar refractivity (Wildman–Crippen MR) is 143 cm³/mol. The Hall–Kier alpha value is -3.18. The van der Waals surface area contributed by atoms with Gasteiger partial charge in [-0.05, 0) is 52.2 Å². The first-order valence-corrected chi connectivity index (χ1v) is 12.2. The van der Waals surface area contributed by atoms with Gasteiger partial charge < -0.3 is 14.6 Å². The minimum Gasteiger partial charge on any atom is -0.497 e. The average molecular weight is 470 g/mol. The van der Waals surface area contributed by atoms with Crippen LogP contribution in [0.15, 0.2) is 91.0 Å². The smallest absolute Gasteiger partial charge is 0.119 e. The highest BCUT2D eigenvalue weighted by Crippen LogP contribution is 2.30. The molecule has 1 aliphatic rings. The van der Waals surface area contributed by atoms with Crippen molar-refractivity contribution in [2.45, 2.75) is 25.5 Å². The number of likely N-dealkylation sites (N-methyl/N-ethyl adjacent to an activating group) is 1. The van der Waals surface area contributed by atoms with Gasteiger partial charge in [0.2, 0.25) is 0 Å². The Kier molecular flexibility index (Phi) is 8.54. The lowest BCUT2D eigenvalue weighted by Gasteiger charge is -2.28. The number of ether oxygens (including phenoxy) is 2. The van der Waals surface area contributed by atoms with Crippen molar-refractivity contribution in [3.63, 3.8) is 0 Å². The van der Waals surface area contributed by atoms with E-state index < -0.39 is 0 Å². The minimum absolute atomic E-state index is 0.0612. The molecule has 0 saturated heterocycles. The topological polar surface area (TPSA) is 41.9 Å². The van der Waals surface area contributed by atoms with Crippen LogP contribution in [0, 0.1) is 0 Å². The van der Waals surface area contributed by atoms with Crippen molar-refractivity contribution in [1.82, 2.24) is 4.90 Å². The van der Waals surface area contributed by atoms with Crippen molar-refractivity contribution in [2.24, 2.45) is 0 Å². The first kappa shape index (κ1) is 24.9. The van der Waals surface area contributed by atoms with Crippen LogP contribution < -0.4 is 4.74 Å². The highest BCUT2D eigenvalue weighted by molar-refractivity contribution is 5.84. The van der Waals surface area contributed by atoms with Gasteiger partial charge in [0, 0.05) is 25.6 Å². The zero-order valence-corrected chi connectivity index (χ0v) is 20.9. The molecule has 1 heterocycles. The highest BCUT2D eigenvalue weighted by atomic mass is 16.5. The molecular formula is C31H35NO3. The Bertz CT molecular complexity index is 1220. The SMILES string of the molecule is CN1CCOC(c2ccccc2)c2ccccc2C1.COc1ccc2cc([C@H](C)CO)ccc2c1. The molecule has 35 heavy (non-hydrogen) atoms. The summed E-state index contributed by atoms with van der Waals surface area (Å²) in [5.41, 5.74) is 5.05. The number of fused-ring (bicyclic) bond motifs is 2. The molecule has 0 aliphatic carbocycles. The molecule has 0 aromatic heterocycles. The second-order valence-electron chi connectivity index (χ2n) is 9.15. The molecule has 0 radical (unpaired) electrons. The van der Waals surface area contributed by atoms with E-state index in [1.54, 1.807) is 7.11 Å². The summed E-state index contributed by atoms with van der Waals surface area (Å²) < 4.78 is 11.3. The molecule has 0 amide bonds. The normalized spacial score (nSPS) is 16.9. The summed E-state index contributed by atoms with van der Waals surface area (Å²) in [4.78, 5) is 2.31. The lowest BCUT2D eigenvalue weighted by atomic mass is 9.96. The number of aliphatic hydroxyl groups excluding tert-OH is 1.